The van der Waals surface area contributed by atoms with Gasteiger partial charge in [0.25, 0.3) is 0 Å². The van der Waals surface area contributed by atoms with E-state index < -0.39 is 0 Å². The Balaban J connectivity index is 1.36. The quantitative estimate of drug-likeness (QED) is 0.710. The molecule has 5 rings (SSSR count). The molecule has 168 valence electrons. The molecule has 2 aromatic rings. The van der Waals surface area contributed by atoms with E-state index in [1.165, 1.54) is 43.2 Å². The van der Waals surface area contributed by atoms with Crippen molar-refractivity contribution < 1.29 is 4.74 Å². The fourth-order valence-electron chi connectivity index (χ4n) is 5.60. The lowest BCUT2D eigenvalue weighted by Crippen LogP contribution is -2.52. The average Bonchev–Trinajstić information content (AvgIpc) is 3.49. The van der Waals surface area contributed by atoms with Crippen molar-refractivity contribution >= 4 is 0 Å². The first kappa shape index (κ1) is 21.0. The van der Waals surface area contributed by atoms with Crippen molar-refractivity contribution in [1.29, 1.82) is 0 Å². The summed E-state index contributed by atoms with van der Waals surface area (Å²) in [4.78, 5) is 5.32. The Morgan fingerprint density at radius 3 is 2.45 bits per heavy atom. The maximum absolute atomic E-state index is 5.87. The smallest absolute Gasteiger partial charge is 0.173 e. The van der Waals surface area contributed by atoms with Gasteiger partial charge in [-0.25, -0.2) is 4.68 Å². The number of rotatable bonds is 6. The summed E-state index contributed by atoms with van der Waals surface area (Å²) in [7, 11) is 0. The molecule has 0 bridgehead atoms. The Kier molecular flexibility index (Phi) is 6.62. The Labute approximate surface area is 185 Å². The first-order chi connectivity index (χ1) is 15.3. The Morgan fingerprint density at radius 1 is 0.968 bits per heavy atom. The lowest BCUT2D eigenvalue weighted by atomic mass is 9.93. The van der Waals surface area contributed by atoms with Crippen molar-refractivity contribution in [2.24, 2.45) is 0 Å². The van der Waals surface area contributed by atoms with Crippen molar-refractivity contribution in [2.75, 3.05) is 32.8 Å². The highest BCUT2D eigenvalue weighted by atomic mass is 16.5. The third-order valence-corrected chi connectivity index (χ3v) is 7.40. The molecule has 0 unspecified atom stereocenters. The summed E-state index contributed by atoms with van der Waals surface area (Å²) in [6.45, 7) is 8.13. The molecule has 1 saturated carbocycles. The highest BCUT2D eigenvalue weighted by molar-refractivity contribution is 5.28. The fraction of sp³-hybridized carbons (Fsp3) is 0.708. The van der Waals surface area contributed by atoms with Gasteiger partial charge in [0.15, 0.2) is 5.82 Å². The molecule has 0 amide bonds. The molecule has 1 aromatic carbocycles. The minimum Gasteiger partial charge on any atom is -0.376 e. The average molecular weight is 425 g/mol. The Hall–Kier alpha value is -1.83. The van der Waals surface area contributed by atoms with Crippen molar-refractivity contribution in [3.63, 3.8) is 0 Å². The topological polar surface area (TPSA) is 59.3 Å². The summed E-state index contributed by atoms with van der Waals surface area (Å²) in [5, 5.41) is 13.0. The van der Waals surface area contributed by atoms with Gasteiger partial charge in [-0.15, -0.1) is 5.10 Å². The van der Waals surface area contributed by atoms with Crippen molar-refractivity contribution in [3.8, 4) is 0 Å². The van der Waals surface area contributed by atoms with Crippen LogP contribution in [-0.2, 0) is 11.3 Å². The molecule has 2 atom stereocenters. The summed E-state index contributed by atoms with van der Waals surface area (Å²) >= 11 is 0. The number of nitrogens with zero attached hydrogens (tertiary/aromatic N) is 6. The van der Waals surface area contributed by atoms with Crippen molar-refractivity contribution in [2.45, 2.75) is 76.6 Å². The van der Waals surface area contributed by atoms with Gasteiger partial charge in [0.05, 0.1) is 18.7 Å². The predicted octanol–water partition coefficient (Wildman–Crippen LogP) is 3.20. The standard InChI is InChI=1S/C24H36N6O/c1-19-9-11-20(12-10-19)23(24-25-26-27-30(24)18-22-8-5-17-31-22)29-15-13-28(14-16-29)21-6-3-2-4-7-21/h9-12,21-23H,2-8,13-18H2,1H3/t22-,23+/m1/s1. The van der Waals surface area contributed by atoms with Crippen LogP contribution in [0.15, 0.2) is 24.3 Å². The summed E-state index contributed by atoms with van der Waals surface area (Å²) in [6.07, 6.45) is 9.41. The molecule has 0 radical (unpaired) electrons. The second kappa shape index (κ2) is 9.76. The van der Waals surface area contributed by atoms with Gasteiger partial charge in [-0.2, -0.15) is 0 Å². The maximum Gasteiger partial charge on any atom is 0.173 e. The molecular weight excluding hydrogens is 388 g/mol. The van der Waals surface area contributed by atoms with Crippen LogP contribution in [0.1, 0.15) is 67.9 Å². The maximum atomic E-state index is 5.87. The molecule has 0 spiro atoms. The van der Waals surface area contributed by atoms with Crippen LogP contribution in [0.2, 0.25) is 0 Å². The van der Waals surface area contributed by atoms with Gasteiger partial charge in [-0.1, -0.05) is 49.1 Å². The number of piperazine rings is 1. The molecular formula is C24H36N6O. The third-order valence-electron chi connectivity index (χ3n) is 7.40. The van der Waals surface area contributed by atoms with E-state index in [9.17, 15) is 0 Å². The van der Waals surface area contributed by atoms with Gasteiger partial charge < -0.3 is 4.74 Å². The fourth-order valence-corrected chi connectivity index (χ4v) is 5.60. The highest BCUT2D eigenvalue weighted by Crippen LogP contribution is 2.31. The van der Waals surface area contributed by atoms with Gasteiger partial charge in [0.2, 0.25) is 0 Å². The number of aromatic nitrogens is 4. The molecule has 31 heavy (non-hydrogen) atoms. The second-order valence-electron chi connectivity index (χ2n) is 9.53. The highest BCUT2D eigenvalue weighted by Gasteiger charge is 2.33. The SMILES string of the molecule is Cc1ccc([C@@H](c2nnnn2C[C@H]2CCCO2)N2CCN(C3CCCCC3)CC2)cc1. The zero-order chi connectivity index (χ0) is 21.0. The Bertz CT molecular complexity index is 817. The lowest BCUT2D eigenvalue weighted by Gasteiger charge is -2.43. The number of hydrogen-bond acceptors (Lipinski definition) is 6. The molecule has 3 aliphatic rings. The molecule has 0 N–H and O–H groups in total. The van der Waals surface area contributed by atoms with Crippen LogP contribution in [0.25, 0.3) is 0 Å². The molecule has 3 heterocycles. The van der Waals surface area contributed by atoms with E-state index in [-0.39, 0.29) is 12.1 Å². The number of hydrogen-bond donors (Lipinski definition) is 0. The zero-order valence-electron chi connectivity index (χ0n) is 18.8. The first-order valence-corrected chi connectivity index (χ1v) is 12.2. The van der Waals surface area contributed by atoms with Crippen LogP contribution < -0.4 is 0 Å². The van der Waals surface area contributed by atoms with E-state index in [4.69, 9.17) is 4.74 Å². The van der Waals surface area contributed by atoms with E-state index in [0.717, 1.165) is 64.0 Å². The normalized spacial score (nSPS) is 25.1. The minimum absolute atomic E-state index is 0.0884. The van der Waals surface area contributed by atoms with Gasteiger partial charge in [0.1, 0.15) is 0 Å². The first-order valence-electron chi connectivity index (χ1n) is 12.2. The van der Waals surface area contributed by atoms with Gasteiger partial charge >= 0.3 is 0 Å². The summed E-state index contributed by atoms with van der Waals surface area (Å²) in [5.74, 6) is 0.950. The minimum atomic E-state index is 0.0884. The summed E-state index contributed by atoms with van der Waals surface area (Å²) in [5.41, 5.74) is 2.56. The van der Waals surface area contributed by atoms with Crippen molar-refractivity contribution in [3.05, 3.63) is 41.2 Å². The van der Waals surface area contributed by atoms with E-state index >= 15 is 0 Å². The molecule has 3 fully saturated rings. The zero-order valence-corrected chi connectivity index (χ0v) is 18.8. The van der Waals surface area contributed by atoms with Crippen LogP contribution in [0.4, 0.5) is 0 Å². The Morgan fingerprint density at radius 2 is 1.74 bits per heavy atom. The molecule has 7 nitrogen and oxygen atoms in total. The van der Waals surface area contributed by atoms with Crippen LogP contribution in [0.5, 0.6) is 0 Å². The molecule has 2 aliphatic heterocycles. The van der Waals surface area contributed by atoms with Crippen LogP contribution >= 0.6 is 0 Å². The summed E-state index contributed by atoms with van der Waals surface area (Å²) < 4.78 is 7.87. The van der Waals surface area contributed by atoms with E-state index in [1.54, 1.807) is 0 Å². The van der Waals surface area contributed by atoms with Crippen LogP contribution in [-0.4, -0.2) is 74.9 Å². The largest absolute Gasteiger partial charge is 0.376 e. The van der Waals surface area contributed by atoms with Gasteiger partial charge in [0, 0.05) is 38.8 Å². The van der Waals surface area contributed by atoms with Gasteiger partial charge in [-0.05, 0) is 48.6 Å². The number of aryl methyl sites for hydroxylation is 1. The second-order valence-corrected chi connectivity index (χ2v) is 9.53. The predicted molar refractivity (Wildman–Crippen MR) is 120 cm³/mol. The molecule has 1 aliphatic carbocycles. The lowest BCUT2D eigenvalue weighted by molar-refractivity contribution is 0.0595. The van der Waals surface area contributed by atoms with Crippen LogP contribution in [0.3, 0.4) is 0 Å². The van der Waals surface area contributed by atoms with E-state index in [2.05, 4.69) is 56.5 Å². The van der Waals surface area contributed by atoms with Crippen LogP contribution in [0, 0.1) is 6.92 Å². The number of tetrazole rings is 1. The monoisotopic (exact) mass is 424 g/mol. The third kappa shape index (κ3) is 4.83. The molecule has 1 aromatic heterocycles. The van der Waals surface area contributed by atoms with E-state index in [1.807, 2.05) is 4.68 Å². The summed E-state index contributed by atoms with van der Waals surface area (Å²) in [6, 6.07) is 9.78. The van der Waals surface area contributed by atoms with Gasteiger partial charge in [-0.3, -0.25) is 9.80 Å². The number of ether oxygens (including phenoxy) is 1. The van der Waals surface area contributed by atoms with Crippen molar-refractivity contribution in [1.82, 2.24) is 30.0 Å². The number of benzene rings is 1. The molecule has 7 heteroatoms. The van der Waals surface area contributed by atoms with E-state index in [0.29, 0.717) is 0 Å². The molecule has 2 saturated heterocycles.